The number of hydrogen-bond donors (Lipinski definition) is 1. The van der Waals surface area contributed by atoms with Crippen LogP contribution in [0.5, 0.6) is 0 Å². The van der Waals surface area contributed by atoms with E-state index in [2.05, 4.69) is 22.0 Å². The number of piperidine rings is 1. The molecule has 3 amide bonds. The Kier molecular flexibility index (Phi) is 7.16. The smallest absolute Gasteiger partial charge is 0.321 e. The Balaban J connectivity index is 1.36. The maximum atomic E-state index is 13.6. The molecule has 3 fully saturated rings. The molecule has 0 spiro atoms. The molecular weight excluding hydrogens is 388 g/mol. The first kappa shape index (κ1) is 22.1. The minimum absolute atomic E-state index is 0.00165. The molecule has 0 bridgehead atoms. The Bertz CT molecular complexity index is 743. The molecule has 1 saturated carbocycles. The Hall–Kier alpha value is -2.08. The molecule has 0 unspecified atom stereocenters. The van der Waals surface area contributed by atoms with E-state index in [1.165, 1.54) is 18.4 Å². The molecule has 6 heteroatoms. The highest BCUT2D eigenvalue weighted by molar-refractivity contribution is 5.89. The van der Waals surface area contributed by atoms with Crippen LogP contribution < -0.4 is 5.32 Å². The molecule has 1 aliphatic carbocycles. The SMILES string of the molecule is Cc1ccc(NC(=O)N2CCN([C@@H](C(=O)N3CCC(C)CC3)C3CCCC3)CC2)cc1. The lowest BCUT2D eigenvalue weighted by Crippen LogP contribution is -2.59. The third-order valence-corrected chi connectivity index (χ3v) is 7.49. The summed E-state index contributed by atoms with van der Waals surface area (Å²) in [4.78, 5) is 32.7. The van der Waals surface area contributed by atoms with Crippen LogP contribution in [0.2, 0.25) is 0 Å². The van der Waals surface area contributed by atoms with Crippen molar-refractivity contribution in [2.24, 2.45) is 11.8 Å². The van der Waals surface area contributed by atoms with Gasteiger partial charge in [0.2, 0.25) is 5.91 Å². The number of rotatable bonds is 4. The third-order valence-electron chi connectivity index (χ3n) is 7.49. The lowest BCUT2D eigenvalue weighted by molar-refractivity contribution is -0.141. The molecule has 4 rings (SSSR count). The summed E-state index contributed by atoms with van der Waals surface area (Å²) in [5.74, 6) is 1.54. The van der Waals surface area contributed by atoms with Gasteiger partial charge >= 0.3 is 6.03 Å². The number of benzene rings is 1. The second kappa shape index (κ2) is 10.0. The van der Waals surface area contributed by atoms with Crippen LogP contribution in [0.25, 0.3) is 0 Å². The monoisotopic (exact) mass is 426 g/mol. The molecule has 3 aliphatic rings. The van der Waals surface area contributed by atoms with Crippen LogP contribution in [0.3, 0.4) is 0 Å². The van der Waals surface area contributed by atoms with Gasteiger partial charge in [0.15, 0.2) is 0 Å². The highest BCUT2D eigenvalue weighted by Gasteiger charge is 2.39. The summed E-state index contributed by atoms with van der Waals surface area (Å²) >= 11 is 0. The largest absolute Gasteiger partial charge is 0.341 e. The maximum Gasteiger partial charge on any atom is 0.321 e. The van der Waals surface area contributed by atoms with Gasteiger partial charge in [-0.05, 0) is 56.6 Å². The second-order valence-corrected chi connectivity index (χ2v) is 9.82. The van der Waals surface area contributed by atoms with E-state index >= 15 is 0 Å². The molecule has 1 aromatic rings. The molecule has 31 heavy (non-hydrogen) atoms. The van der Waals surface area contributed by atoms with Crippen LogP contribution >= 0.6 is 0 Å². The number of carbonyl (C=O) groups is 2. The van der Waals surface area contributed by atoms with Crippen molar-refractivity contribution in [2.75, 3.05) is 44.6 Å². The highest BCUT2D eigenvalue weighted by atomic mass is 16.2. The fourth-order valence-corrected chi connectivity index (χ4v) is 5.39. The lowest BCUT2D eigenvalue weighted by Gasteiger charge is -2.43. The van der Waals surface area contributed by atoms with Crippen molar-refractivity contribution < 1.29 is 9.59 Å². The average molecular weight is 427 g/mol. The van der Waals surface area contributed by atoms with Crippen molar-refractivity contribution >= 4 is 17.6 Å². The summed E-state index contributed by atoms with van der Waals surface area (Å²) < 4.78 is 0. The van der Waals surface area contributed by atoms with Gasteiger partial charge in [0, 0.05) is 45.0 Å². The van der Waals surface area contributed by atoms with Crippen LogP contribution in [-0.2, 0) is 4.79 Å². The molecule has 170 valence electrons. The van der Waals surface area contributed by atoms with Gasteiger partial charge in [-0.3, -0.25) is 9.69 Å². The summed E-state index contributed by atoms with van der Waals surface area (Å²) in [5.41, 5.74) is 2.01. The summed E-state index contributed by atoms with van der Waals surface area (Å²) in [6.07, 6.45) is 7.05. The summed E-state index contributed by atoms with van der Waals surface area (Å²) in [5, 5.41) is 3.01. The molecule has 0 radical (unpaired) electrons. The van der Waals surface area contributed by atoms with Gasteiger partial charge in [-0.15, -0.1) is 0 Å². The number of anilines is 1. The predicted molar refractivity (Wildman–Crippen MR) is 124 cm³/mol. The van der Waals surface area contributed by atoms with Gasteiger partial charge in [0.05, 0.1) is 6.04 Å². The van der Waals surface area contributed by atoms with Crippen LogP contribution in [0.1, 0.15) is 51.0 Å². The zero-order valence-electron chi connectivity index (χ0n) is 19.2. The van der Waals surface area contributed by atoms with E-state index in [1.54, 1.807) is 0 Å². The van der Waals surface area contributed by atoms with Gasteiger partial charge in [0.25, 0.3) is 0 Å². The second-order valence-electron chi connectivity index (χ2n) is 9.82. The molecule has 0 aromatic heterocycles. The number of carbonyl (C=O) groups excluding carboxylic acids is 2. The zero-order chi connectivity index (χ0) is 21.8. The Morgan fingerprint density at radius 2 is 1.48 bits per heavy atom. The first-order valence-corrected chi connectivity index (χ1v) is 12.2. The van der Waals surface area contributed by atoms with Crippen molar-refractivity contribution in [1.82, 2.24) is 14.7 Å². The number of piperazine rings is 1. The van der Waals surface area contributed by atoms with Gasteiger partial charge < -0.3 is 15.1 Å². The fourth-order valence-electron chi connectivity index (χ4n) is 5.39. The van der Waals surface area contributed by atoms with Crippen molar-refractivity contribution in [3.63, 3.8) is 0 Å². The number of aryl methyl sites for hydroxylation is 1. The van der Waals surface area contributed by atoms with E-state index in [0.717, 1.165) is 63.5 Å². The van der Waals surface area contributed by atoms with Crippen molar-refractivity contribution in [3.8, 4) is 0 Å². The topological polar surface area (TPSA) is 55.9 Å². The number of nitrogens with one attached hydrogen (secondary N) is 1. The van der Waals surface area contributed by atoms with Gasteiger partial charge in [-0.2, -0.15) is 0 Å². The average Bonchev–Trinajstić information content (AvgIpc) is 3.31. The Morgan fingerprint density at radius 3 is 2.10 bits per heavy atom. The zero-order valence-corrected chi connectivity index (χ0v) is 19.2. The van der Waals surface area contributed by atoms with E-state index in [9.17, 15) is 9.59 Å². The van der Waals surface area contributed by atoms with Crippen LogP contribution in [0.4, 0.5) is 10.5 Å². The highest BCUT2D eigenvalue weighted by Crippen LogP contribution is 2.32. The van der Waals surface area contributed by atoms with Crippen LogP contribution in [-0.4, -0.2) is 71.9 Å². The lowest BCUT2D eigenvalue weighted by atomic mass is 9.92. The van der Waals surface area contributed by atoms with Crippen molar-refractivity contribution in [2.45, 2.75) is 58.4 Å². The summed E-state index contributed by atoms with van der Waals surface area (Å²) in [7, 11) is 0. The van der Waals surface area contributed by atoms with E-state index in [4.69, 9.17) is 0 Å². The molecular formula is C25H38N4O2. The molecule has 2 saturated heterocycles. The molecule has 6 nitrogen and oxygen atoms in total. The Labute approximate surface area is 187 Å². The number of amides is 3. The minimum atomic E-state index is -0.0442. The first-order chi connectivity index (χ1) is 15.0. The Morgan fingerprint density at radius 1 is 0.871 bits per heavy atom. The van der Waals surface area contributed by atoms with Gasteiger partial charge in [-0.1, -0.05) is 37.5 Å². The maximum absolute atomic E-state index is 13.6. The fraction of sp³-hybridized carbons (Fsp3) is 0.680. The molecule has 1 atom stereocenters. The normalized spacial score (nSPS) is 22.5. The number of urea groups is 1. The van der Waals surface area contributed by atoms with Crippen LogP contribution in [0, 0.1) is 18.8 Å². The molecule has 1 aromatic carbocycles. The molecule has 2 heterocycles. The number of likely N-dealkylation sites (tertiary alicyclic amines) is 1. The summed E-state index contributed by atoms with van der Waals surface area (Å²) in [6, 6.07) is 7.85. The van der Waals surface area contributed by atoms with Crippen molar-refractivity contribution in [3.05, 3.63) is 29.8 Å². The predicted octanol–water partition coefficient (Wildman–Crippen LogP) is 3.96. The quantitative estimate of drug-likeness (QED) is 0.793. The van der Waals surface area contributed by atoms with Crippen LogP contribution in [0.15, 0.2) is 24.3 Å². The first-order valence-electron chi connectivity index (χ1n) is 12.2. The number of nitrogens with zero attached hydrogens (tertiary/aromatic N) is 3. The van der Waals surface area contributed by atoms with Gasteiger partial charge in [-0.25, -0.2) is 4.79 Å². The number of hydrogen-bond acceptors (Lipinski definition) is 3. The van der Waals surface area contributed by atoms with E-state index in [0.29, 0.717) is 24.9 Å². The molecule has 1 N–H and O–H groups in total. The van der Waals surface area contributed by atoms with E-state index < -0.39 is 0 Å². The summed E-state index contributed by atoms with van der Waals surface area (Å²) in [6.45, 7) is 9.03. The van der Waals surface area contributed by atoms with Crippen molar-refractivity contribution in [1.29, 1.82) is 0 Å². The van der Waals surface area contributed by atoms with E-state index in [1.807, 2.05) is 36.1 Å². The standard InChI is InChI=1S/C25H38N4O2/c1-19-7-9-22(10-8-19)26-25(31)29-17-15-27(16-18-29)23(21-5-3-4-6-21)24(30)28-13-11-20(2)12-14-28/h7-10,20-21,23H,3-6,11-18H2,1-2H3,(H,26,31)/t23-/m1/s1. The third kappa shape index (κ3) is 5.40. The van der Waals surface area contributed by atoms with Gasteiger partial charge in [0.1, 0.15) is 0 Å². The van der Waals surface area contributed by atoms with E-state index in [-0.39, 0.29) is 12.1 Å². The molecule has 2 aliphatic heterocycles. The minimum Gasteiger partial charge on any atom is -0.341 e.